The van der Waals surface area contributed by atoms with E-state index in [1.807, 2.05) is 58.0 Å². The Balaban J connectivity index is 1.65. The molecule has 0 bridgehead atoms. The monoisotopic (exact) mass is 503 g/mol. The van der Waals surface area contributed by atoms with E-state index in [0.29, 0.717) is 26.0 Å². The number of esters is 1. The van der Waals surface area contributed by atoms with Gasteiger partial charge in [-0.1, -0.05) is 51.1 Å². The molecule has 4 atom stereocenters. The number of ether oxygens (including phenoxy) is 3. The van der Waals surface area contributed by atoms with Crippen molar-refractivity contribution in [3.8, 4) is 0 Å². The Morgan fingerprint density at radius 1 is 1.19 bits per heavy atom. The van der Waals surface area contributed by atoms with Crippen LogP contribution < -0.4 is 10.6 Å². The lowest BCUT2D eigenvalue weighted by atomic mass is 9.85. The van der Waals surface area contributed by atoms with Gasteiger partial charge >= 0.3 is 12.1 Å². The van der Waals surface area contributed by atoms with Crippen molar-refractivity contribution in [3.63, 3.8) is 0 Å². The number of alkyl carbamates (subject to hydrolysis) is 1. The highest BCUT2D eigenvalue weighted by Gasteiger charge is 2.43. The van der Waals surface area contributed by atoms with E-state index >= 15 is 0 Å². The van der Waals surface area contributed by atoms with Gasteiger partial charge in [-0.3, -0.25) is 14.4 Å². The van der Waals surface area contributed by atoms with Crippen LogP contribution in [0.25, 0.3) is 0 Å². The molecular weight excluding hydrogens is 466 g/mol. The Morgan fingerprint density at radius 3 is 2.58 bits per heavy atom. The highest BCUT2D eigenvalue weighted by atomic mass is 16.6. The highest BCUT2D eigenvalue weighted by molar-refractivity contribution is 5.92. The predicted octanol–water partition coefficient (Wildman–Crippen LogP) is 2.16. The summed E-state index contributed by atoms with van der Waals surface area (Å²) in [6.07, 6.45) is 0.0128. The first-order chi connectivity index (χ1) is 17.1. The maximum absolute atomic E-state index is 13.6. The second-order valence-corrected chi connectivity index (χ2v) is 10.2. The number of rotatable bonds is 8. The lowest BCUT2D eigenvalue weighted by molar-refractivity contribution is -0.159. The van der Waals surface area contributed by atoms with Crippen LogP contribution in [0.5, 0.6) is 0 Å². The third kappa shape index (κ3) is 7.19. The number of hydrogen-bond donors (Lipinski definition) is 2. The number of nitrogens with one attached hydrogen (secondary N) is 2. The standard InChI is InChI=1S/C26H37N3O7/c1-5-34-20-16-35-21(30)14-18(20)27-23(31)19-12-9-13-29(19)24(32)22(26(2,3)4)28-25(33)36-15-17-10-7-6-8-11-17/h6-8,10-11,18-20,22H,5,9,12-16H2,1-4H3,(H,27,31)(H,28,33)/t18-,19-,20+,22+/m0/s1. The van der Waals surface area contributed by atoms with Crippen LogP contribution in [-0.2, 0) is 35.2 Å². The number of amides is 3. The number of benzene rings is 1. The van der Waals surface area contributed by atoms with Crippen LogP contribution in [0.1, 0.15) is 52.5 Å². The minimum Gasteiger partial charge on any atom is -0.463 e. The molecular formula is C26H37N3O7. The summed E-state index contributed by atoms with van der Waals surface area (Å²) >= 11 is 0. The van der Waals surface area contributed by atoms with Gasteiger partial charge in [0.05, 0.1) is 12.5 Å². The molecule has 198 valence electrons. The van der Waals surface area contributed by atoms with Gasteiger partial charge in [0.1, 0.15) is 31.4 Å². The highest BCUT2D eigenvalue weighted by Crippen LogP contribution is 2.26. The van der Waals surface area contributed by atoms with E-state index in [4.69, 9.17) is 14.2 Å². The summed E-state index contributed by atoms with van der Waals surface area (Å²) < 4.78 is 16.0. The molecule has 0 unspecified atom stereocenters. The normalized spacial score (nSPS) is 22.9. The van der Waals surface area contributed by atoms with E-state index < -0.39 is 41.7 Å². The van der Waals surface area contributed by atoms with Crippen LogP contribution in [0.15, 0.2) is 30.3 Å². The fourth-order valence-electron chi connectivity index (χ4n) is 4.46. The quantitative estimate of drug-likeness (QED) is 0.521. The third-order valence-electron chi connectivity index (χ3n) is 6.38. The van der Waals surface area contributed by atoms with Crippen LogP contribution in [0.3, 0.4) is 0 Å². The Kier molecular flexibility index (Phi) is 9.31. The fourth-order valence-corrected chi connectivity index (χ4v) is 4.46. The Bertz CT molecular complexity index is 931. The first-order valence-electron chi connectivity index (χ1n) is 12.5. The summed E-state index contributed by atoms with van der Waals surface area (Å²) in [5.41, 5.74) is 0.208. The summed E-state index contributed by atoms with van der Waals surface area (Å²) in [5, 5.41) is 5.61. The van der Waals surface area contributed by atoms with E-state index in [1.54, 1.807) is 0 Å². The molecule has 0 aliphatic carbocycles. The minimum atomic E-state index is -0.894. The van der Waals surface area contributed by atoms with Crippen LogP contribution in [0.2, 0.25) is 0 Å². The second kappa shape index (κ2) is 12.2. The second-order valence-electron chi connectivity index (χ2n) is 10.2. The lowest BCUT2D eigenvalue weighted by Crippen LogP contribution is -2.59. The van der Waals surface area contributed by atoms with Gasteiger partial charge in [-0.05, 0) is 30.7 Å². The molecule has 2 heterocycles. The average Bonchev–Trinajstić information content (AvgIpc) is 3.33. The molecule has 2 saturated heterocycles. The van der Waals surface area contributed by atoms with Gasteiger partial charge in [-0.2, -0.15) is 0 Å². The summed E-state index contributed by atoms with van der Waals surface area (Å²) in [4.78, 5) is 52.7. The van der Waals surface area contributed by atoms with Crippen molar-refractivity contribution in [2.45, 2.75) is 77.8 Å². The molecule has 2 N–H and O–H groups in total. The first kappa shape index (κ1) is 27.4. The van der Waals surface area contributed by atoms with Crippen LogP contribution in [0, 0.1) is 5.41 Å². The summed E-state index contributed by atoms with van der Waals surface area (Å²) in [6, 6.07) is 7.13. The van der Waals surface area contributed by atoms with Gasteiger partial charge in [0.25, 0.3) is 0 Å². The smallest absolute Gasteiger partial charge is 0.408 e. The number of cyclic esters (lactones) is 1. The fraction of sp³-hybridized carbons (Fsp3) is 0.615. The first-order valence-corrected chi connectivity index (χ1v) is 12.5. The molecule has 0 radical (unpaired) electrons. The molecule has 3 rings (SSSR count). The maximum atomic E-state index is 13.6. The van der Waals surface area contributed by atoms with E-state index in [1.165, 1.54) is 4.90 Å². The topological polar surface area (TPSA) is 123 Å². The molecule has 0 aromatic heterocycles. The predicted molar refractivity (Wildman–Crippen MR) is 131 cm³/mol. The number of carbonyl (C=O) groups excluding carboxylic acids is 4. The molecule has 1 aromatic rings. The van der Waals surface area contributed by atoms with E-state index in [9.17, 15) is 19.2 Å². The molecule has 10 nitrogen and oxygen atoms in total. The van der Waals surface area contributed by atoms with Gasteiger partial charge in [-0.25, -0.2) is 4.79 Å². The minimum absolute atomic E-state index is 0.0104. The largest absolute Gasteiger partial charge is 0.463 e. The van der Waals surface area contributed by atoms with E-state index in [-0.39, 0.29) is 31.4 Å². The molecule has 2 fully saturated rings. The Hall–Kier alpha value is -3.14. The summed E-state index contributed by atoms with van der Waals surface area (Å²) in [7, 11) is 0. The van der Waals surface area contributed by atoms with Gasteiger partial charge in [0.15, 0.2) is 0 Å². The van der Waals surface area contributed by atoms with Crippen molar-refractivity contribution in [1.29, 1.82) is 0 Å². The van der Waals surface area contributed by atoms with Crippen molar-refractivity contribution < 1.29 is 33.4 Å². The SMILES string of the molecule is CCO[C@@H]1COC(=O)C[C@@H]1NC(=O)[C@@H]1CCCN1C(=O)[C@@H](NC(=O)OCc1ccccc1)C(C)(C)C. The summed E-state index contributed by atoms with van der Waals surface area (Å²) in [5.74, 6) is -1.09. The number of nitrogens with zero attached hydrogens (tertiary/aromatic N) is 1. The van der Waals surface area contributed by atoms with Gasteiger partial charge in [0.2, 0.25) is 11.8 Å². The molecule has 10 heteroatoms. The van der Waals surface area contributed by atoms with E-state index in [2.05, 4.69) is 10.6 Å². The van der Waals surface area contributed by atoms with Gasteiger partial charge in [-0.15, -0.1) is 0 Å². The lowest BCUT2D eigenvalue weighted by Gasteiger charge is -2.36. The number of likely N-dealkylation sites (tertiary alicyclic amines) is 1. The van der Waals surface area contributed by atoms with Crippen molar-refractivity contribution in [3.05, 3.63) is 35.9 Å². The van der Waals surface area contributed by atoms with Crippen LogP contribution in [-0.4, -0.2) is 72.8 Å². The Labute approximate surface area is 212 Å². The maximum Gasteiger partial charge on any atom is 0.408 e. The number of carbonyl (C=O) groups is 4. The van der Waals surface area contributed by atoms with Crippen LogP contribution in [0.4, 0.5) is 4.79 Å². The van der Waals surface area contributed by atoms with Crippen molar-refractivity contribution >= 4 is 23.9 Å². The van der Waals surface area contributed by atoms with Gasteiger partial charge < -0.3 is 29.7 Å². The van der Waals surface area contributed by atoms with Gasteiger partial charge in [0, 0.05) is 13.2 Å². The zero-order valence-corrected chi connectivity index (χ0v) is 21.5. The molecule has 2 aliphatic heterocycles. The van der Waals surface area contributed by atoms with E-state index in [0.717, 1.165) is 5.56 Å². The van der Waals surface area contributed by atoms with Crippen molar-refractivity contribution in [2.75, 3.05) is 19.8 Å². The average molecular weight is 504 g/mol. The zero-order valence-electron chi connectivity index (χ0n) is 21.5. The zero-order chi connectivity index (χ0) is 26.3. The van der Waals surface area contributed by atoms with Crippen molar-refractivity contribution in [2.24, 2.45) is 5.41 Å². The molecule has 1 aromatic carbocycles. The number of hydrogen-bond acceptors (Lipinski definition) is 7. The molecule has 0 saturated carbocycles. The molecule has 2 aliphatic rings. The molecule has 0 spiro atoms. The molecule has 36 heavy (non-hydrogen) atoms. The third-order valence-corrected chi connectivity index (χ3v) is 6.38. The van der Waals surface area contributed by atoms with Crippen molar-refractivity contribution in [1.82, 2.24) is 15.5 Å². The molecule has 3 amide bonds. The Morgan fingerprint density at radius 2 is 1.92 bits per heavy atom. The van der Waals surface area contributed by atoms with Crippen LogP contribution >= 0.6 is 0 Å². The summed E-state index contributed by atoms with van der Waals surface area (Å²) in [6.45, 7) is 8.34.